The van der Waals surface area contributed by atoms with Gasteiger partial charge in [0.1, 0.15) is 16.5 Å². The van der Waals surface area contributed by atoms with E-state index in [0.717, 1.165) is 35.2 Å². The average Bonchev–Trinajstić information content (AvgIpc) is 2.72. The summed E-state index contributed by atoms with van der Waals surface area (Å²) in [5, 5.41) is 13.4. The summed E-state index contributed by atoms with van der Waals surface area (Å²) in [7, 11) is 0. The zero-order valence-electron chi connectivity index (χ0n) is 11.4. The number of aliphatic hydroxyl groups is 1. The van der Waals surface area contributed by atoms with Crippen molar-refractivity contribution in [3.05, 3.63) is 16.3 Å². The van der Waals surface area contributed by atoms with E-state index < -0.39 is 0 Å². The molecule has 2 aromatic rings. The lowest BCUT2D eigenvalue weighted by Gasteiger charge is -2.18. The first-order valence-corrected chi connectivity index (χ1v) is 7.64. The van der Waals surface area contributed by atoms with Crippen LogP contribution in [0.5, 0.6) is 0 Å². The topological polar surface area (TPSA) is 58.0 Å². The molecule has 1 unspecified atom stereocenters. The van der Waals surface area contributed by atoms with Crippen molar-refractivity contribution in [3.63, 3.8) is 0 Å². The summed E-state index contributed by atoms with van der Waals surface area (Å²) < 4.78 is 0. The quantitative estimate of drug-likeness (QED) is 0.905. The summed E-state index contributed by atoms with van der Waals surface area (Å²) in [4.78, 5) is 11.7. The molecule has 0 bridgehead atoms. The van der Waals surface area contributed by atoms with E-state index in [1.54, 1.807) is 0 Å². The van der Waals surface area contributed by atoms with Gasteiger partial charge in [0.25, 0.3) is 0 Å². The van der Waals surface area contributed by atoms with Crippen LogP contribution in [0.4, 0.5) is 5.82 Å². The highest BCUT2D eigenvalue weighted by Crippen LogP contribution is 2.39. The predicted octanol–water partition coefficient (Wildman–Crippen LogP) is 2.53. The van der Waals surface area contributed by atoms with Crippen LogP contribution in [-0.4, -0.2) is 28.2 Å². The van der Waals surface area contributed by atoms with Crippen LogP contribution in [-0.2, 0) is 12.8 Å². The van der Waals surface area contributed by atoms with Crippen LogP contribution in [0, 0.1) is 12.8 Å². The summed E-state index contributed by atoms with van der Waals surface area (Å²) in [6.07, 6.45) is 3.53. The third kappa shape index (κ3) is 2.32. The number of fused-ring (bicyclic) bond motifs is 3. The summed E-state index contributed by atoms with van der Waals surface area (Å²) in [5.41, 5.74) is 1.43. The molecule has 0 aromatic carbocycles. The Bertz CT molecular complexity index is 608. The highest BCUT2D eigenvalue weighted by molar-refractivity contribution is 7.19. The standard InChI is InChI=1S/C14H19N3OS/c1-8-3-4-10-11(7-8)19-14-12(10)13(15-5-6-18)16-9(2)17-14/h8,18H,3-7H2,1-2H3,(H,15,16,17). The molecule has 2 N–H and O–H groups in total. The molecule has 2 aromatic heterocycles. The second-order valence-electron chi connectivity index (χ2n) is 5.30. The first-order chi connectivity index (χ1) is 9.19. The van der Waals surface area contributed by atoms with E-state index in [1.165, 1.54) is 22.2 Å². The molecule has 2 heterocycles. The largest absolute Gasteiger partial charge is 0.395 e. The minimum atomic E-state index is 0.119. The van der Waals surface area contributed by atoms with Gasteiger partial charge in [-0.3, -0.25) is 0 Å². The van der Waals surface area contributed by atoms with Crippen molar-refractivity contribution in [2.75, 3.05) is 18.5 Å². The van der Waals surface area contributed by atoms with E-state index in [4.69, 9.17) is 5.11 Å². The molecule has 5 heteroatoms. The van der Waals surface area contributed by atoms with Crippen molar-refractivity contribution in [2.24, 2.45) is 5.92 Å². The van der Waals surface area contributed by atoms with Crippen molar-refractivity contribution in [1.82, 2.24) is 9.97 Å². The third-order valence-corrected chi connectivity index (χ3v) is 4.82. The van der Waals surface area contributed by atoms with Crippen molar-refractivity contribution >= 4 is 27.4 Å². The van der Waals surface area contributed by atoms with Gasteiger partial charge < -0.3 is 10.4 Å². The van der Waals surface area contributed by atoms with Gasteiger partial charge in [0.05, 0.1) is 12.0 Å². The van der Waals surface area contributed by atoms with Gasteiger partial charge in [-0.25, -0.2) is 9.97 Å². The molecule has 1 aliphatic carbocycles. The Morgan fingerprint density at radius 3 is 3.05 bits per heavy atom. The highest BCUT2D eigenvalue weighted by atomic mass is 32.1. The molecular formula is C14H19N3OS. The molecule has 0 fully saturated rings. The minimum Gasteiger partial charge on any atom is -0.395 e. The average molecular weight is 277 g/mol. The van der Waals surface area contributed by atoms with Crippen molar-refractivity contribution in [1.29, 1.82) is 0 Å². The second-order valence-corrected chi connectivity index (χ2v) is 6.39. The summed E-state index contributed by atoms with van der Waals surface area (Å²) in [6.45, 7) is 4.89. The second kappa shape index (κ2) is 5.06. The Morgan fingerprint density at radius 2 is 2.26 bits per heavy atom. The van der Waals surface area contributed by atoms with Crippen LogP contribution in [0.3, 0.4) is 0 Å². The predicted molar refractivity (Wildman–Crippen MR) is 78.9 cm³/mol. The van der Waals surface area contributed by atoms with Crippen molar-refractivity contribution in [3.8, 4) is 0 Å². The summed E-state index contributed by atoms with van der Waals surface area (Å²) in [6, 6.07) is 0. The Morgan fingerprint density at radius 1 is 1.42 bits per heavy atom. The normalized spacial score (nSPS) is 18.6. The molecule has 0 radical (unpaired) electrons. The summed E-state index contributed by atoms with van der Waals surface area (Å²) in [5.74, 6) is 2.45. The van der Waals surface area contributed by atoms with Gasteiger partial charge in [-0.15, -0.1) is 11.3 Å². The van der Waals surface area contributed by atoms with Crippen molar-refractivity contribution < 1.29 is 5.11 Å². The number of nitrogens with zero attached hydrogens (tertiary/aromatic N) is 2. The van der Waals surface area contributed by atoms with Gasteiger partial charge >= 0.3 is 0 Å². The van der Waals surface area contributed by atoms with E-state index in [2.05, 4.69) is 22.2 Å². The van der Waals surface area contributed by atoms with E-state index in [0.29, 0.717) is 6.54 Å². The van der Waals surface area contributed by atoms with E-state index in [9.17, 15) is 0 Å². The van der Waals surface area contributed by atoms with Gasteiger partial charge in [-0.2, -0.15) is 0 Å². The molecular weight excluding hydrogens is 258 g/mol. The number of aryl methyl sites for hydroxylation is 2. The maximum atomic E-state index is 8.99. The number of hydrogen-bond acceptors (Lipinski definition) is 5. The lowest BCUT2D eigenvalue weighted by Crippen LogP contribution is -2.11. The molecule has 1 atom stereocenters. The maximum Gasteiger partial charge on any atom is 0.138 e. The molecule has 0 saturated carbocycles. The van der Waals surface area contributed by atoms with Crippen LogP contribution in [0.25, 0.3) is 10.2 Å². The van der Waals surface area contributed by atoms with E-state index in [-0.39, 0.29) is 6.61 Å². The number of thiophene rings is 1. The number of nitrogens with one attached hydrogen (secondary N) is 1. The Kier molecular flexibility index (Phi) is 3.41. The highest BCUT2D eigenvalue weighted by Gasteiger charge is 2.23. The number of aliphatic hydroxyl groups excluding tert-OH is 1. The summed E-state index contributed by atoms with van der Waals surface area (Å²) >= 11 is 1.81. The number of aromatic nitrogens is 2. The molecule has 0 amide bonds. The molecule has 102 valence electrons. The molecule has 0 aliphatic heterocycles. The third-order valence-electron chi connectivity index (χ3n) is 3.67. The van der Waals surface area contributed by atoms with Gasteiger partial charge in [0.15, 0.2) is 0 Å². The first kappa shape index (κ1) is 12.8. The van der Waals surface area contributed by atoms with Crippen LogP contribution >= 0.6 is 11.3 Å². The molecule has 19 heavy (non-hydrogen) atoms. The van der Waals surface area contributed by atoms with E-state index in [1.807, 2.05) is 18.3 Å². The monoisotopic (exact) mass is 277 g/mol. The number of anilines is 1. The fraction of sp³-hybridized carbons (Fsp3) is 0.571. The minimum absolute atomic E-state index is 0.119. The van der Waals surface area contributed by atoms with Crippen LogP contribution in [0.1, 0.15) is 29.6 Å². The smallest absolute Gasteiger partial charge is 0.138 e. The van der Waals surface area contributed by atoms with Gasteiger partial charge in [0, 0.05) is 11.4 Å². The van der Waals surface area contributed by atoms with Gasteiger partial charge in [0.2, 0.25) is 0 Å². The zero-order valence-corrected chi connectivity index (χ0v) is 12.2. The van der Waals surface area contributed by atoms with Crippen LogP contribution in [0.15, 0.2) is 0 Å². The SMILES string of the molecule is Cc1nc(NCCO)c2c3c(sc2n1)CC(C)CC3. The van der Waals surface area contributed by atoms with E-state index >= 15 is 0 Å². The maximum absolute atomic E-state index is 8.99. The zero-order chi connectivity index (χ0) is 13.4. The molecule has 1 aliphatic rings. The molecule has 0 saturated heterocycles. The Labute approximate surface area is 116 Å². The molecule has 4 nitrogen and oxygen atoms in total. The lowest BCUT2D eigenvalue weighted by molar-refractivity contribution is 0.311. The van der Waals surface area contributed by atoms with Gasteiger partial charge in [-0.1, -0.05) is 6.92 Å². The Balaban J connectivity index is 2.14. The first-order valence-electron chi connectivity index (χ1n) is 6.82. The number of hydrogen-bond donors (Lipinski definition) is 2. The fourth-order valence-corrected chi connectivity index (χ4v) is 4.18. The Hall–Kier alpha value is -1.20. The van der Waals surface area contributed by atoms with Crippen molar-refractivity contribution in [2.45, 2.75) is 33.1 Å². The van der Waals surface area contributed by atoms with Gasteiger partial charge in [-0.05, 0) is 37.7 Å². The van der Waals surface area contributed by atoms with Crippen LogP contribution in [0.2, 0.25) is 0 Å². The lowest BCUT2D eigenvalue weighted by atomic mass is 9.89. The fourth-order valence-electron chi connectivity index (χ4n) is 2.75. The molecule has 3 rings (SSSR count). The van der Waals surface area contributed by atoms with Crippen LogP contribution < -0.4 is 5.32 Å². The molecule has 0 spiro atoms. The number of rotatable bonds is 3.